The molecular weight excluding hydrogens is 268 g/mol. The molecule has 0 unspecified atom stereocenters. The van der Waals surface area contributed by atoms with Crippen LogP contribution in [0.2, 0.25) is 0 Å². The molecule has 1 aromatic heterocycles. The quantitative estimate of drug-likeness (QED) is 0.857. The zero-order chi connectivity index (χ0) is 14.7. The highest BCUT2D eigenvalue weighted by Crippen LogP contribution is 2.09. The summed E-state index contributed by atoms with van der Waals surface area (Å²) in [6.07, 6.45) is 2.22. The van der Waals surface area contributed by atoms with E-state index >= 15 is 0 Å². The standard InChI is InChI=1S/C15H18N4O2/c20-14-10-17-12-4-1-2-5-13(12)19(14)11-15(21)18-8-3-6-16-7-9-18/h1-2,4-5,10,16H,3,6-9,11H2. The molecule has 1 aliphatic heterocycles. The Morgan fingerprint density at radius 2 is 2.10 bits per heavy atom. The zero-order valence-corrected chi connectivity index (χ0v) is 11.8. The summed E-state index contributed by atoms with van der Waals surface area (Å²) in [7, 11) is 0. The molecule has 6 nitrogen and oxygen atoms in total. The van der Waals surface area contributed by atoms with E-state index < -0.39 is 0 Å². The summed E-state index contributed by atoms with van der Waals surface area (Å²) in [6.45, 7) is 3.24. The largest absolute Gasteiger partial charge is 0.340 e. The van der Waals surface area contributed by atoms with Gasteiger partial charge in [0, 0.05) is 19.6 Å². The molecule has 110 valence electrons. The van der Waals surface area contributed by atoms with Crippen molar-refractivity contribution in [2.75, 3.05) is 26.2 Å². The Bertz CT molecular complexity index is 702. The van der Waals surface area contributed by atoms with Crippen LogP contribution in [0, 0.1) is 0 Å². The molecule has 0 radical (unpaired) electrons. The first kappa shape index (κ1) is 13.8. The first-order valence-electron chi connectivity index (χ1n) is 7.19. The molecular formula is C15H18N4O2. The van der Waals surface area contributed by atoms with Crippen LogP contribution in [-0.4, -0.2) is 46.5 Å². The molecule has 1 saturated heterocycles. The van der Waals surface area contributed by atoms with E-state index in [0.717, 1.165) is 31.6 Å². The fourth-order valence-electron chi connectivity index (χ4n) is 2.61. The molecule has 2 aromatic rings. The van der Waals surface area contributed by atoms with Gasteiger partial charge in [-0.2, -0.15) is 0 Å². The van der Waals surface area contributed by atoms with E-state index in [1.165, 1.54) is 10.8 Å². The lowest BCUT2D eigenvalue weighted by molar-refractivity contribution is -0.131. The van der Waals surface area contributed by atoms with Crippen molar-refractivity contribution in [2.45, 2.75) is 13.0 Å². The molecule has 0 atom stereocenters. The summed E-state index contributed by atoms with van der Waals surface area (Å²) in [5.41, 5.74) is 1.18. The molecule has 1 amide bonds. The molecule has 0 aliphatic carbocycles. The van der Waals surface area contributed by atoms with Crippen LogP contribution in [0.1, 0.15) is 6.42 Å². The number of para-hydroxylation sites is 2. The van der Waals surface area contributed by atoms with E-state index in [1.54, 1.807) is 0 Å². The summed E-state index contributed by atoms with van der Waals surface area (Å²) in [4.78, 5) is 30.4. The monoisotopic (exact) mass is 286 g/mol. The van der Waals surface area contributed by atoms with E-state index in [0.29, 0.717) is 12.1 Å². The molecule has 1 aromatic carbocycles. The lowest BCUT2D eigenvalue weighted by Gasteiger charge is -2.20. The van der Waals surface area contributed by atoms with Crippen LogP contribution in [0.3, 0.4) is 0 Å². The number of aromatic nitrogens is 2. The second-order valence-electron chi connectivity index (χ2n) is 5.16. The van der Waals surface area contributed by atoms with Gasteiger partial charge in [0.2, 0.25) is 5.91 Å². The predicted molar refractivity (Wildman–Crippen MR) is 80.1 cm³/mol. The number of rotatable bonds is 2. The maximum Gasteiger partial charge on any atom is 0.269 e. The third-order valence-corrected chi connectivity index (χ3v) is 3.74. The third-order valence-electron chi connectivity index (χ3n) is 3.74. The Hall–Kier alpha value is -2.21. The lowest BCUT2D eigenvalue weighted by Crippen LogP contribution is -2.38. The van der Waals surface area contributed by atoms with E-state index in [1.807, 2.05) is 29.2 Å². The molecule has 1 aliphatic rings. The summed E-state index contributed by atoms with van der Waals surface area (Å²) in [5, 5.41) is 3.26. The van der Waals surface area contributed by atoms with Gasteiger partial charge in [-0.05, 0) is 25.1 Å². The molecule has 6 heteroatoms. The second kappa shape index (κ2) is 6.05. The van der Waals surface area contributed by atoms with Gasteiger partial charge in [0.25, 0.3) is 5.56 Å². The number of fused-ring (bicyclic) bond motifs is 1. The fraction of sp³-hybridized carbons (Fsp3) is 0.400. The normalized spacial score (nSPS) is 15.9. The smallest absolute Gasteiger partial charge is 0.269 e. The highest BCUT2D eigenvalue weighted by Gasteiger charge is 2.17. The second-order valence-corrected chi connectivity index (χ2v) is 5.16. The van der Waals surface area contributed by atoms with E-state index in [4.69, 9.17) is 0 Å². The molecule has 0 spiro atoms. The molecule has 21 heavy (non-hydrogen) atoms. The molecule has 2 heterocycles. The van der Waals surface area contributed by atoms with Crippen molar-refractivity contribution >= 4 is 16.9 Å². The van der Waals surface area contributed by atoms with Crippen LogP contribution >= 0.6 is 0 Å². The summed E-state index contributed by atoms with van der Waals surface area (Å²) >= 11 is 0. The number of carbonyl (C=O) groups is 1. The lowest BCUT2D eigenvalue weighted by atomic mass is 10.3. The minimum atomic E-state index is -0.241. The zero-order valence-electron chi connectivity index (χ0n) is 11.8. The summed E-state index contributed by atoms with van der Waals surface area (Å²) in [6, 6.07) is 7.37. The van der Waals surface area contributed by atoms with E-state index in [9.17, 15) is 9.59 Å². The molecule has 0 bridgehead atoms. The van der Waals surface area contributed by atoms with Gasteiger partial charge in [0.05, 0.1) is 17.2 Å². The molecule has 1 N–H and O–H groups in total. The van der Waals surface area contributed by atoms with Crippen LogP contribution in [-0.2, 0) is 11.3 Å². The summed E-state index contributed by atoms with van der Waals surface area (Å²) in [5.74, 6) is -0.0165. The number of nitrogens with one attached hydrogen (secondary N) is 1. The minimum absolute atomic E-state index is 0.0165. The third kappa shape index (κ3) is 2.95. The van der Waals surface area contributed by atoms with Gasteiger partial charge in [-0.3, -0.25) is 14.2 Å². The molecule has 0 saturated carbocycles. The topological polar surface area (TPSA) is 67.2 Å². The van der Waals surface area contributed by atoms with Crippen LogP contribution in [0.15, 0.2) is 35.3 Å². The number of benzene rings is 1. The Morgan fingerprint density at radius 1 is 1.24 bits per heavy atom. The van der Waals surface area contributed by atoms with Gasteiger partial charge in [-0.1, -0.05) is 12.1 Å². The number of hydrogen-bond donors (Lipinski definition) is 1. The first-order valence-corrected chi connectivity index (χ1v) is 7.19. The number of nitrogens with zero attached hydrogens (tertiary/aromatic N) is 3. The maximum absolute atomic E-state index is 12.4. The van der Waals surface area contributed by atoms with Crippen molar-refractivity contribution in [3.8, 4) is 0 Å². The van der Waals surface area contributed by atoms with Crippen molar-refractivity contribution < 1.29 is 4.79 Å². The van der Waals surface area contributed by atoms with Crippen molar-refractivity contribution in [1.29, 1.82) is 0 Å². The van der Waals surface area contributed by atoms with Crippen LogP contribution in [0.25, 0.3) is 11.0 Å². The van der Waals surface area contributed by atoms with E-state index in [-0.39, 0.29) is 18.0 Å². The Labute approximate surface area is 122 Å². The van der Waals surface area contributed by atoms with Gasteiger partial charge in [0.1, 0.15) is 6.54 Å². The number of amides is 1. The minimum Gasteiger partial charge on any atom is -0.340 e. The van der Waals surface area contributed by atoms with Crippen molar-refractivity contribution in [2.24, 2.45) is 0 Å². The predicted octanol–water partition coefficient (Wildman–Crippen LogP) is 0.218. The van der Waals surface area contributed by atoms with Gasteiger partial charge in [-0.15, -0.1) is 0 Å². The van der Waals surface area contributed by atoms with Crippen molar-refractivity contribution in [3.05, 3.63) is 40.8 Å². The molecule has 3 rings (SSSR count). The van der Waals surface area contributed by atoms with Gasteiger partial charge < -0.3 is 10.2 Å². The Balaban J connectivity index is 1.88. The van der Waals surface area contributed by atoms with Crippen molar-refractivity contribution in [1.82, 2.24) is 19.8 Å². The highest BCUT2D eigenvalue weighted by atomic mass is 16.2. The Morgan fingerprint density at radius 3 is 3.00 bits per heavy atom. The highest BCUT2D eigenvalue weighted by molar-refractivity contribution is 5.80. The van der Waals surface area contributed by atoms with Crippen LogP contribution in [0.4, 0.5) is 0 Å². The number of carbonyl (C=O) groups excluding carboxylic acids is 1. The van der Waals surface area contributed by atoms with Gasteiger partial charge in [0.15, 0.2) is 0 Å². The summed E-state index contributed by atoms with van der Waals surface area (Å²) < 4.78 is 1.50. The van der Waals surface area contributed by atoms with Crippen LogP contribution in [0.5, 0.6) is 0 Å². The Kier molecular flexibility index (Phi) is 3.96. The average Bonchev–Trinajstić information content (AvgIpc) is 2.79. The fourth-order valence-corrected chi connectivity index (χ4v) is 2.61. The van der Waals surface area contributed by atoms with Gasteiger partial charge >= 0.3 is 0 Å². The maximum atomic E-state index is 12.4. The number of hydrogen-bond acceptors (Lipinski definition) is 4. The van der Waals surface area contributed by atoms with Gasteiger partial charge in [-0.25, -0.2) is 4.98 Å². The van der Waals surface area contributed by atoms with E-state index in [2.05, 4.69) is 10.3 Å². The first-order chi connectivity index (χ1) is 10.3. The average molecular weight is 286 g/mol. The SMILES string of the molecule is O=C(Cn1c(=O)cnc2ccccc21)N1CCCNCC1. The molecule has 1 fully saturated rings. The van der Waals surface area contributed by atoms with Crippen LogP contribution < -0.4 is 10.9 Å². The van der Waals surface area contributed by atoms with Crippen molar-refractivity contribution in [3.63, 3.8) is 0 Å².